The number of aliphatic hydroxyl groups is 1. The van der Waals surface area contributed by atoms with Crippen LogP contribution in [-0.4, -0.2) is 17.2 Å². The normalized spacial score (nSPS) is 9.73. The number of hydrogen-bond donors (Lipinski definition) is 1. The first-order chi connectivity index (χ1) is 5.27. The maximum Gasteiger partial charge on any atom is 0.140 e. The van der Waals surface area contributed by atoms with Gasteiger partial charge in [-0.25, -0.2) is 0 Å². The summed E-state index contributed by atoms with van der Waals surface area (Å²) in [6, 6.07) is 3.54. The van der Waals surface area contributed by atoms with Crippen LogP contribution in [0.5, 0.6) is 5.75 Å². The van der Waals surface area contributed by atoms with Gasteiger partial charge in [-0.15, -0.1) is 0 Å². The minimum atomic E-state index is -0.0230. The molecule has 0 saturated heterocycles. The topological polar surface area (TPSA) is 42.4 Å². The van der Waals surface area contributed by atoms with Crippen molar-refractivity contribution in [3.8, 4) is 5.75 Å². The Bertz CT molecular complexity index is 248. The van der Waals surface area contributed by atoms with Gasteiger partial charge in [-0.1, -0.05) is 0 Å². The second kappa shape index (κ2) is 3.34. The summed E-state index contributed by atoms with van der Waals surface area (Å²) in [6.07, 6.45) is 0. The zero-order valence-corrected chi connectivity index (χ0v) is 6.66. The SMILES string of the molecule is COc1ccc(CO)nc1C. The maximum absolute atomic E-state index is 8.72. The fourth-order valence-electron chi connectivity index (χ4n) is 0.904. The van der Waals surface area contributed by atoms with Gasteiger partial charge in [0.1, 0.15) is 5.75 Å². The molecule has 0 aliphatic rings. The highest BCUT2D eigenvalue weighted by atomic mass is 16.5. The molecule has 0 spiro atoms. The lowest BCUT2D eigenvalue weighted by Crippen LogP contribution is -1.94. The van der Waals surface area contributed by atoms with Crippen LogP contribution in [-0.2, 0) is 6.61 Å². The molecule has 0 fully saturated rings. The molecule has 1 aromatic rings. The molecular weight excluding hydrogens is 142 g/mol. The molecule has 0 amide bonds. The number of hydrogen-bond acceptors (Lipinski definition) is 3. The van der Waals surface area contributed by atoms with Gasteiger partial charge in [0.15, 0.2) is 0 Å². The third-order valence-corrected chi connectivity index (χ3v) is 1.48. The third-order valence-electron chi connectivity index (χ3n) is 1.48. The summed E-state index contributed by atoms with van der Waals surface area (Å²) < 4.78 is 5.00. The van der Waals surface area contributed by atoms with Crippen molar-refractivity contribution in [2.45, 2.75) is 13.5 Å². The van der Waals surface area contributed by atoms with E-state index in [-0.39, 0.29) is 6.61 Å². The van der Waals surface area contributed by atoms with Crippen LogP contribution in [0.1, 0.15) is 11.4 Å². The Morgan fingerprint density at radius 3 is 2.73 bits per heavy atom. The van der Waals surface area contributed by atoms with Gasteiger partial charge >= 0.3 is 0 Å². The highest BCUT2D eigenvalue weighted by molar-refractivity contribution is 5.27. The van der Waals surface area contributed by atoms with Crippen LogP contribution in [0.4, 0.5) is 0 Å². The molecule has 0 aliphatic heterocycles. The van der Waals surface area contributed by atoms with E-state index in [1.54, 1.807) is 19.2 Å². The first kappa shape index (κ1) is 8.01. The molecule has 1 N–H and O–H groups in total. The van der Waals surface area contributed by atoms with Crippen molar-refractivity contribution in [3.63, 3.8) is 0 Å². The van der Waals surface area contributed by atoms with Crippen LogP contribution in [0.3, 0.4) is 0 Å². The van der Waals surface area contributed by atoms with E-state index < -0.39 is 0 Å². The standard InChI is InChI=1S/C8H11NO2/c1-6-8(11-2)4-3-7(5-10)9-6/h3-4,10H,5H2,1-2H3. The van der Waals surface area contributed by atoms with Crippen molar-refractivity contribution < 1.29 is 9.84 Å². The van der Waals surface area contributed by atoms with E-state index >= 15 is 0 Å². The lowest BCUT2D eigenvalue weighted by Gasteiger charge is -2.03. The summed E-state index contributed by atoms with van der Waals surface area (Å²) in [7, 11) is 1.60. The average molecular weight is 153 g/mol. The lowest BCUT2D eigenvalue weighted by molar-refractivity contribution is 0.276. The Hall–Kier alpha value is -1.09. The number of nitrogens with zero attached hydrogens (tertiary/aromatic N) is 1. The Kier molecular flexibility index (Phi) is 2.44. The van der Waals surface area contributed by atoms with E-state index in [2.05, 4.69) is 4.98 Å². The Morgan fingerprint density at radius 1 is 1.55 bits per heavy atom. The zero-order valence-electron chi connectivity index (χ0n) is 6.66. The van der Waals surface area contributed by atoms with Gasteiger partial charge in [-0.3, -0.25) is 4.98 Å². The molecule has 11 heavy (non-hydrogen) atoms. The van der Waals surface area contributed by atoms with E-state index in [4.69, 9.17) is 9.84 Å². The molecule has 0 aliphatic carbocycles. The third kappa shape index (κ3) is 1.68. The number of aryl methyl sites for hydroxylation is 1. The number of methoxy groups -OCH3 is 1. The molecular formula is C8H11NO2. The summed E-state index contributed by atoms with van der Waals surface area (Å²) in [6.45, 7) is 1.82. The smallest absolute Gasteiger partial charge is 0.140 e. The van der Waals surface area contributed by atoms with Gasteiger partial charge in [-0.2, -0.15) is 0 Å². The Labute approximate surface area is 65.7 Å². The maximum atomic E-state index is 8.72. The number of ether oxygens (including phenoxy) is 1. The minimum Gasteiger partial charge on any atom is -0.495 e. The Morgan fingerprint density at radius 2 is 2.27 bits per heavy atom. The highest BCUT2D eigenvalue weighted by Gasteiger charge is 1.99. The van der Waals surface area contributed by atoms with Crippen molar-refractivity contribution in [3.05, 3.63) is 23.5 Å². The van der Waals surface area contributed by atoms with E-state index in [0.29, 0.717) is 5.69 Å². The molecule has 60 valence electrons. The molecule has 0 unspecified atom stereocenters. The quantitative estimate of drug-likeness (QED) is 0.686. The largest absolute Gasteiger partial charge is 0.495 e. The predicted octanol–water partition coefficient (Wildman–Crippen LogP) is 0.891. The van der Waals surface area contributed by atoms with Gasteiger partial charge in [0, 0.05) is 0 Å². The molecule has 0 radical (unpaired) electrons. The second-order valence-corrected chi connectivity index (χ2v) is 2.25. The van der Waals surface area contributed by atoms with Gasteiger partial charge in [0.05, 0.1) is 25.1 Å². The van der Waals surface area contributed by atoms with Crippen LogP contribution in [0.15, 0.2) is 12.1 Å². The van der Waals surface area contributed by atoms with Crippen molar-refractivity contribution in [1.29, 1.82) is 0 Å². The average Bonchev–Trinajstić information content (AvgIpc) is 2.04. The zero-order chi connectivity index (χ0) is 8.27. The number of pyridine rings is 1. The van der Waals surface area contributed by atoms with Crippen LogP contribution < -0.4 is 4.74 Å². The van der Waals surface area contributed by atoms with E-state index in [1.807, 2.05) is 6.92 Å². The van der Waals surface area contributed by atoms with Crippen LogP contribution in [0.25, 0.3) is 0 Å². The molecule has 0 atom stereocenters. The molecule has 1 heterocycles. The van der Waals surface area contributed by atoms with E-state index in [0.717, 1.165) is 11.4 Å². The van der Waals surface area contributed by atoms with Crippen LogP contribution in [0.2, 0.25) is 0 Å². The second-order valence-electron chi connectivity index (χ2n) is 2.25. The van der Waals surface area contributed by atoms with Gasteiger partial charge in [-0.05, 0) is 19.1 Å². The predicted molar refractivity (Wildman–Crippen MR) is 41.4 cm³/mol. The van der Waals surface area contributed by atoms with Gasteiger partial charge in [0.2, 0.25) is 0 Å². The number of aromatic nitrogens is 1. The molecule has 3 heteroatoms. The summed E-state index contributed by atoms with van der Waals surface area (Å²) in [5, 5.41) is 8.72. The lowest BCUT2D eigenvalue weighted by atomic mass is 10.3. The van der Waals surface area contributed by atoms with Gasteiger partial charge in [0.25, 0.3) is 0 Å². The van der Waals surface area contributed by atoms with E-state index in [1.165, 1.54) is 0 Å². The molecule has 1 rings (SSSR count). The monoisotopic (exact) mass is 153 g/mol. The molecule has 0 saturated carbocycles. The fraction of sp³-hybridized carbons (Fsp3) is 0.375. The summed E-state index contributed by atoms with van der Waals surface area (Å²) in [4.78, 5) is 4.09. The Balaban J connectivity index is 2.99. The summed E-state index contributed by atoms with van der Waals surface area (Å²) in [5.74, 6) is 0.752. The first-order valence-corrected chi connectivity index (χ1v) is 3.39. The van der Waals surface area contributed by atoms with Crippen molar-refractivity contribution in [2.24, 2.45) is 0 Å². The van der Waals surface area contributed by atoms with Crippen molar-refractivity contribution in [2.75, 3.05) is 7.11 Å². The first-order valence-electron chi connectivity index (χ1n) is 3.39. The highest BCUT2D eigenvalue weighted by Crippen LogP contribution is 2.14. The van der Waals surface area contributed by atoms with Crippen molar-refractivity contribution >= 4 is 0 Å². The summed E-state index contributed by atoms with van der Waals surface area (Å²) >= 11 is 0. The van der Waals surface area contributed by atoms with E-state index in [9.17, 15) is 0 Å². The number of aliphatic hydroxyl groups excluding tert-OH is 1. The fourth-order valence-corrected chi connectivity index (χ4v) is 0.904. The number of rotatable bonds is 2. The van der Waals surface area contributed by atoms with Crippen molar-refractivity contribution in [1.82, 2.24) is 4.98 Å². The van der Waals surface area contributed by atoms with Gasteiger partial charge < -0.3 is 9.84 Å². The molecule has 3 nitrogen and oxygen atoms in total. The molecule has 0 aromatic carbocycles. The molecule has 0 bridgehead atoms. The minimum absolute atomic E-state index is 0.0230. The van der Waals surface area contributed by atoms with Crippen LogP contribution in [0, 0.1) is 6.92 Å². The summed E-state index contributed by atoms with van der Waals surface area (Å²) in [5.41, 5.74) is 1.47. The molecule has 1 aromatic heterocycles. The van der Waals surface area contributed by atoms with Crippen LogP contribution >= 0.6 is 0 Å².